The second-order valence-corrected chi connectivity index (χ2v) is 7.46. The van der Waals surface area contributed by atoms with Crippen molar-refractivity contribution in [3.63, 3.8) is 0 Å². The van der Waals surface area contributed by atoms with Gasteiger partial charge in [-0.15, -0.1) is 0 Å². The molecule has 1 aliphatic heterocycles. The van der Waals surface area contributed by atoms with Gasteiger partial charge in [0.25, 0.3) is 0 Å². The van der Waals surface area contributed by atoms with Crippen LogP contribution >= 0.6 is 0 Å². The van der Waals surface area contributed by atoms with Crippen molar-refractivity contribution in [1.82, 2.24) is 5.32 Å². The summed E-state index contributed by atoms with van der Waals surface area (Å²) in [6, 6.07) is 0. The normalized spacial score (nSPS) is 38.7. The topological polar surface area (TPSA) is 21.3 Å². The number of rotatable bonds is 1. The Bertz CT molecular complexity index is 271. The highest BCUT2D eigenvalue weighted by Gasteiger charge is 2.40. The second-order valence-electron chi connectivity index (χ2n) is 7.46. The molecule has 3 unspecified atom stereocenters. The summed E-state index contributed by atoms with van der Waals surface area (Å²) in [6.45, 7) is 11.5. The number of hydrogen-bond donors (Lipinski definition) is 1. The fourth-order valence-corrected chi connectivity index (χ4v) is 3.66. The van der Waals surface area contributed by atoms with Crippen LogP contribution in [0, 0.1) is 11.3 Å². The molecule has 3 atom stereocenters. The Balaban J connectivity index is 1.99. The maximum atomic E-state index is 6.44. The van der Waals surface area contributed by atoms with Gasteiger partial charge in [-0.25, -0.2) is 0 Å². The van der Waals surface area contributed by atoms with E-state index in [2.05, 4.69) is 33.0 Å². The molecule has 0 aromatic rings. The minimum atomic E-state index is 0.152. The van der Waals surface area contributed by atoms with Crippen LogP contribution in [0.5, 0.6) is 0 Å². The van der Waals surface area contributed by atoms with Crippen molar-refractivity contribution in [1.29, 1.82) is 0 Å². The summed E-state index contributed by atoms with van der Waals surface area (Å²) in [5.74, 6) is 0.863. The van der Waals surface area contributed by atoms with Crippen molar-refractivity contribution in [3.05, 3.63) is 0 Å². The Hall–Kier alpha value is -0.0800. The van der Waals surface area contributed by atoms with Gasteiger partial charge in [0, 0.05) is 13.1 Å². The molecule has 106 valence electrons. The zero-order chi connectivity index (χ0) is 13.2. The monoisotopic (exact) mass is 253 g/mol. The summed E-state index contributed by atoms with van der Waals surface area (Å²) < 4.78 is 6.44. The van der Waals surface area contributed by atoms with Gasteiger partial charge < -0.3 is 10.1 Å². The largest absolute Gasteiger partial charge is 0.369 e. The SMILES string of the molecule is CCC1CNCC2(CCCC(C(C)(C)C)CC2)O1. The summed E-state index contributed by atoms with van der Waals surface area (Å²) in [4.78, 5) is 0. The predicted octanol–water partition coefficient (Wildman–Crippen LogP) is 3.75. The summed E-state index contributed by atoms with van der Waals surface area (Å²) in [6.07, 6.45) is 8.12. The van der Waals surface area contributed by atoms with Crippen LogP contribution in [0.4, 0.5) is 0 Å². The van der Waals surface area contributed by atoms with Gasteiger partial charge in [0.05, 0.1) is 11.7 Å². The van der Waals surface area contributed by atoms with Crippen molar-refractivity contribution in [2.45, 2.75) is 77.9 Å². The highest BCUT2D eigenvalue weighted by atomic mass is 16.5. The molecule has 0 radical (unpaired) electrons. The second kappa shape index (κ2) is 5.50. The number of nitrogens with one attached hydrogen (secondary N) is 1. The van der Waals surface area contributed by atoms with Crippen molar-refractivity contribution < 1.29 is 4.74 Å². The van der Waals surface area contributed by atoms with Crippen molar-refractivity contribution in [2.24, 2.45) is 11.3 Å². The zero-order valence-electron chi connectivity index (χ0n) is 12.7. The first-order valence-electron chi connectivity index (χ1n) is 7.84. The van der Waals surface area contributed by atoms with Crippen LogP contribution in [0.25, 0.3) is 0 Å². The highest BCUT2D eigenvalue weighted by molar-refractivity contribution is 4.93. The van der Waals surface area contributed by atoms with E-state index in [9.17, 15) is 0 Å². The van der Waals surface area contributed by atoms with Crippen LogP contribution in [0.2, 0.25) is 0 Å². The molecule has 2 rings (SSSR count). The van der Waals surface area contributed by atoms with Crippen molar-refractivity contribution >= 4 is 0 Å². The van der Waals surface area contributed by atoms with Crippen LogP contribution in [-0.2, 0) is 4.74 Å². The summed E-state index contributed by atoms with van der Waals surface area (Å²) in [7, 11) is 0. The van der Waals surface area contributed by atoms with Crippen LogP contribution in [0.1, 0.15) is 66.2 Å². The van der Waals surface area contributed by atoms with Gasteiger partial charge in [0.15, 0.2) is 0 Å². The smallest absolute Gasteiger partial charge is 0.0810 e. The van der Waals surface area contributed by atoms with Gasteiger partial charge in [-0.2, -0.15) is 0 Å². The van der Waals surface area contributed by atoms with Crippen LogP contribution in [0.15, 0.2) is 0 Å². The summed E-state index contributed by atoms with van der Waals surface area (Å²) in [5, 5.41) is 3.60. The molecular formula is C16H31NO. The van der Waals surface area contributed by atoms with E-state index in [0.29, 0.717) is 11.5 Å². The Labute approximate surface area is 113 Å². The lowest BCUT2D eigenvalue weighted by atomic mass is 9.76. The number of ether oxygens (including phenoxy) is 1. The van der Waals surface area contributed by atoms with Gasteiger partial charge in [0.2, 0.25) is 0 Å². The minimum Gasteiger partial charge on any atom is -0.369 e. The fourth-order valence-electron chi connectivity index (χ4n) is 3.66. The van der Waals surface area contributed by atoms with Crippen LogP contribution < -0.4 is 5.32 Å². The van der Waals surface area contributed by atoms with E-state index >= 15 is 0 Å². The first-order chi connectivity index (χ1) is 8.45. The van der Waals surface area contributed by atoms with E-state index in [0.717, 1.165) is 25.4 Å². The standard InChI is InChI=1S/C16H31NO/c1-5-14-11-17-12-16(18-14)9-6-7-13(8-10-16)15(2,3)4/h13-14,17H,5-12H2,1-4H3. The molecule has 1 spiro atoms. The van der Waals surface area contributed by atoms with Crippen molar-refractivity contribution in [2.75, 3.05) is 13.1 Å². The highest BCUT2D eigenvalue weighted by Crippen LogP contribution is 2.41. The quantitative estimate of drug-likeness (QED) is 0.768. The zero-order valence-corrected chi connectivity index (χ0v) is 12.7. The van der Waals surface area contributed by atoms with E-state index in [1.807, 2.05) is 0 Å². The molecule has 1 saturated heterocycles. The molecule has 0 amide bonds. The maximum Gasteiger partial charge on any atom is 0.0810 e. The van der Waals surface area contributed by atoms with Gasteiger partial charge in [0.1, 0.15) is 0 Å². The summed E-state index contributed by atoms with van der Waals surface area (Å²) in [5.41, 5.74) is 0.608. The third-order valence-electron chi connectivity index (χ3n) is 5.05. The Morgan fingerprint density at radius 3 is 2.67 bits per heavy atom. The maximum absolute atomic E-state index is 6.44. The van der Waals surface area contributed by atoms with E-state index in [1.54, 1.807) is 0 Å². The molecule has 0 bridgehead atoms. The number of morpholine rings is 1. The molecule has 1 heterocycles. The van der Waals surface area contributed by atoms with Gasteiger partial charge in [-0.3, -0.25) is 0 Å². The molecule has 18 heavy (non-hydrogen) atoms. The molecule has 1 aliphatic carbocycles. The van der Waals surface area contributed by atoms with E-state index in [1.165, 1.54) is 32.1 Å². The third kappa shape index (κ3) is 3.27. The average molecular weight is 253 g/mol. The average Bonchev–Trinajstić information content (AvgIpc) is 2.52. The lowest BCUT2D eigenvalue weighted by Crippen LogP contribution is -2.53. The van der Waals surface area contributed by atoms with Crippen molar-refractivity contribution in [3.8, 4) is 0 Å². The molecule has 0 aromatic heterocycles. The molecule has 0 aromatic carbocycles. The lowest BCUT2D eigenvalue weighted by molar-refractivity contribution is -0.125. The lowest BCUT2D eigenvalue weighted by Gasteiger charge is -2.41. The van der Waals surface area contributed by atoms with E-state index in [4.69, 9.17) is 4.74 Å². The Morgan fingerprint density at radius 1 is 1.22 bits per heavy atom. The van der Waals surface area contributed by atoms with Gasteiger partial charge in [-0.1, -0.05) is 34.1 Å². The number of hydrogen-bond acceptors (Lipinski definition) is 2. The molecule has 2 nitrogen and oxygen atoms in total. The Morgan fingerprint density at radius 2 is 2.00 bits per heavy atom. The molecule has 1 saturated carbocycles. The molecule has 2 fully saturated rings. The van der Waals surface area contributed by atoms with E-state index in [-0.39, 0.29) is 5.60 Å². The van der Waals surface area contributed by atoms with Gasteiger partial charge >= 0.3 is 0 Å². The third-order valence-corrected chi connectivity index (χ3v) is 5.05. The molecule has 2 aliphatic rings. The molecular weight excluding hydrogens is 222 g/mol. The fraction of sp³-hybridized carbons (Fsp3) is 1.00. The first-order valence-corrected chi connectivity index (χ1v) is 7.84. The predicted molar refractivity (Wildman–Crippen MR) is 76.8 cm³/mol. The van der Waals surface area contributed by atoms with Gasteiger partial charge in [-0.05, 0) is 43.4 Å². The van der Waals surface area contributed by atoms with Crippen LogP contribution in [0.3, 0.4) is 0 Å². The molecule has 2 heteroatoms. The van der Waals surface area contributed by atoms with E-state index < -0.39 is 0 Å². The van der Waals surface area contributed by atoms with Crippen LogP contribution in [-0.4, -0.2) is 24.8 Å². The minimum absolute atomic E-state index is 0.152. The summed E-state index contributed by atoms with van der Waals surface area (Å²) >= 11 is 0. The Kier molecular flexibility index (Phi) is 4.38. The first kappa shape index (κ1) is 14.3. The molecule has 1 N–H and O–H groups in total.